The van der Waals surface area contributed by atoms with E-state index in [-0.39, 0.29) is 24.3 Å². The molecule has 0 radical (unpaired) electrons. The molecule has 1 aliphatic heterocycles. The molecule has 7 heteroatoms. The van der Waals surface area contributed by atoms with E-state index >= 15 is 0 Å². The summed E-state index contributed by atoms with van der Waals surface area (Å²) in [7, 11) is 0. The van der Waals surface area contributed by atoms with E-state index < -0.39 is 5.97 Å². The number of carbonyl (C=O) groups excluding carboxylic acids is 3. The molecule has 0 atom stereocenters. The van der Waals surface area contributed by atoms with E-state index in [1.54, 1.807) is 11.0 Å². The van der Waals surface area contributed by atoms with Crippen molar-refractivity contribution in [1.29, 1.82) is 0 Å². The van der Waals surface area contributed by atoms with E-state index in [4.69, 9.17) is 4.74 Å². The molecule has 1 saturated heterocycles. The first-order valence-electron chi connectivity index (χ1n) is 11.5. The Morgan fingerprint density at radius 2 is 1.56 bits per heavy atom. The number of anilines is 1. The topological polar surface area (TPSA) is 80.6 Å². The molecule has 0 bridgehead atoms. The molecule has 0 spiro atoms. The smallest absolute Gasteiger partial charge is 0.340 e. The van der Waals surface area contributed by atoms with Gasteiger partial charge in [-0.1, -0.05) is 36.4 Å². The number of hydrogen-bond acceptors (Lipinski definition) is 4. The monoisotopic (exact) mass is 459 g/mol. The second kappa shape index (κ2) is 10.4. The van der Waals surface area contributed by atoms with Gasteiger partial charge in [0.1, 0.15) is 0 Å². The number of hydrogen-bond donors (Lipinski definition) is 1. The number of amides is 2. The Labute approximate surface area is 199 Å². The van der Waals surface area contributed by atoms with Gasteiger partial charge in [-0.2, -0.15) is 0 Å². The fourth-order valence-corrected chi connectivity index (χ4v) is 4.40. The Kier molecular flexibility index (Phi) is 7.11. The number of aryl methyl sites for hydroxylation is 1. The highest BCUT2D eigenvalue weighted by Gasteiger charge is 2.28. The highest BCUT2D eigenvalue weighted by Crippen LogP contribution is 2.22. The van der Waals surface area contributed by atoms with Crippen molar-refractivity contribution in [2.75, 3.05) is 25.0 Å². The first kappa shape index (κ1) is 23.3. The molecule has 1 aromatic heterocycles. The van der Waals surface area contributed by atoms with Crippen LogP contribution in [-0.4, -0.2) is 46.9 Å². The molecule has 0 aliphatic carbocycles. The summed E-state index contributed by atoms with van der Waals surface area (Å²) >= 11 is 0. The lowest BCUT2D eigenvalue weighted by atomic mass is 9.95. The zero-order valence-corrected chi connectivity index (χ0v) is 19.5. The summed E-state index contributed by atoms with van der Waals surface area (Å²) in [5, 5.41) is 2.92. The average Bonchev–Trinajstić information content (AvgIpc) is 3.17. The minimum absolute atomic E-state index is 0.0292. The third-order valence-electron chi connectivity index (χ3n) is 6.25. The van der Waals surface area contributed by atoms with Crippen LogP contribution in [0.25, 0.3) is 5.69 Å². The van der Waals surface area contributed by atoms with Crippen LogP contribution in [0.3, 0.4) is 0 Å². The minimum atomic E-state index is -0.513. The number of piperidine rings is 1. The summed E-state index contributed by atoms with van der Waals surface area (Å²) in [4.78, 5) is 39.5. The summed E-state index contributed by atoms with van der Waals surface area (Å²) in [5.74, 6) is -0.929. The Balaban J connectivity index is 1.28. The molecular formula is C27H29N3O4. The van der Waals surface area contributed by atoms with E-state index in [1.807, 2.05) is 79.1 Å². The fraction of sp³-hybridized carbons (Fsp3) is 0.296. The number of para-hydroxylation sites is 2. The lowest BCUT2D eigenvalue weighted by molar-refractivity contribution is -0.137. The summed E-state index contributed by atoms with van der Waals surface area (Å²) in [5.41, 5.74) is 3.87. The predicted molar refractivity (Wildman–Crippen MR) is 130 cm³/mol. The molecule has 2 amide bonds. The SMILES string of the molecule is Cc1cc(C(=O)OCC(=O)N2CCC(C(=O)Nc3ccccc3)CC2)c(C)n1-c1ccccc1. The molecule has 176 valence electrons. The van der Waals surface area contributed by atoms with E-state index in [1.165, 1.54) is 0 Å². The maximum atomic E-state index is 12.7. The number of rotatable bonds is 6. The molecule has 3 aromatic rings. The summed E-state index contributed by atoms with van der Waals surface area (Å²) in [6.07, 6.45) is 1.16. The van der Waals surface area contributed by atoms with E-state index in [9.17, 15) is 14.4 Å². The van der Waals surface area contributed by atoms with Crippen molar-refractivity contribution in [3.05, 3.63) is 83.7 Å². The van der Waals surface area contributed by atoms with Crippen molar-refractivity contribution in [2.45, 2.75) is 26.7 Å². The van der Waals surface area contributed by atoms with Crippen LogP contribution in [-0.2, 0) is 14.3 Å². The molecule has 0 saturated carbocycles. The second-order valence-corrected chi connectivity index (χ2v) is 8.54. The van der Waals surface area contributed by atoms with Gasteiger partial charge in [-0.3, -0.25) is 9.59 Å². The summed E-state index contributed by atoms with van der Waals surface area (Å²) < 4.78 is 7.35. The van der Waals surface area contributed by atoms with Crippen LogP contribution < -0.4 is 5.32 Å². The van der Waals surface area contributed by atoms with Crippen molar-refractivity contribution in [2.24, 2.45) is 5.92 Å². The van der Waals surface area contributed by atoms with Crippen molar-refractivity contribution in [1.82, 2.24) is 9.47 Å². The fourth-order valence-electron chi connectivity index (χ4n) is 4.40. The molecule has 1 fully saturated rings. The highest BCUT2D eigenvalue weighted by atomic mass is 16.5. The van der Waals surface area contributed by atoms with Crippen LogP contribution in [0.2, 0.25) is 0 Å². The number of carbonyl (C=O) groups is 3. The third-order valence-corrected chi connectivity index (χ3v) is 6.25. The van der Waals surface area contributed by atoms with Gasteiger partial charge in [-0.15, -0.1) is 0 Å². The number of esters is 1. The molecular weight excluding hydrogens is 430 g/mol. The summed E-state index contributed by atoms with van der Waals surface area (Å²) in [6.45, 7) is 4.41. The number of benzene rings is 2. The number of likely N-dealkylation sites (tertiary alicyclic amines) is 1. The van der Waals surface area contributed by atoms with Gasteiger partial charge in [0.2, 0.25) is 5.91 Å². The molecule has 34 heavy (non-hydrogen) atoms. The van der Waals surface area contributed by atoms with Gasteiger partial charge in [0, 0.05) is 41.8 Å². The highest BCUT2D eigenvalue weighted by molar-refractivity contribution is 5.94. The molecule has 2 heterocycles. The maximum absolute atomic E-state index is 12.7. The predicted octanol–water partition coefficient (Wildman–Crippen LogP) is 4.13. The Bertz CT molecular complexity index is 1160. The van der Waals surface area contributed by atoms with Crippen LogP contribution in [0.1, 0.15) is 34.6 Å². The van der Waals surface area contributed by atoms with Crippen molar-refractivity contribution >= 4 is 23.5 Å². The molecule has 0 unspecified atom stereocenters. The van der Waals surface area contributed by atoms with Gasteiger partial charge < -0.3 is 19.5 Å². The second-order valence-electron chi connectivity index (χ2n) is 8.54. The lowest BCUT2D eigenvalue weighted by Gasteiger charge is -2.31. The van der Waals surface area contributed by atoms with Crippen LogP contribution >= 0.6 is 0 Å². The van der Waals surface area contributed by atoms with Crippen LogP contribution in [0.15, 0.2) is 66.7 Å². The quantitative estimate of drug-likeness (QED) is 0.562. The van der Waals surface area contributed by atoms with Gasteiger partial charge in [-0.25, -0.2) is 4.79 Å². The number of ether oxygens (including phenoxy) is 1. The largest absolute Gasteiger partial charge is 0.452 e. The zero-order chi connectivity index (χ0) is 24.1. The Morgan fingerprint density at radius 3 is 2.21 bits per heavy atom. The van der Waals surface area contributed by atoms with Crippen molar-refractivity contribution in [3.63, 3.8) is 0 Å². The zero-order valence-electron chi connectivity index (χ0n) is 19.5. The molecule has 4 rings (SSSR count). The molecule has 2 aromatic carbocycles. The van der Waals surface area contributed by atoms with Crippen molar-refractivity contribution < 1.29 is 19.1 Å². The van der Waals surface area contributed by atoms with E-state index in [0.29, 0.717) is 31.5 Å². The van der Waals surface area contributed by atoms with Gasteiger partial charge in [-0.05, 0) is 57.0 Å². The van der Waals surface area contributed by atoms with Crippen LogP contribution in [0, 0.1) is 19.8 Å². The van der Waals surface area contributed by atoms with Gasteiger partial charge >= 0.3 is 5.97 Å². The van der Waals surface area contributed by atoms with E-state index in [2.05, 4.69) is 5.32 Å². The maximum Gasteiger partial charge on any atom is 0.340 e. The number of nitrogens with one attached hydrogen (secondary N) is 1. The van der Waals surface area contributed by atoms with E-state index in [0.717, 1.165) is 22.8 Å². The lowest BCUT2D eigenvalue weighted by Crippen LogP contribution is -2.43. The first-order chi connectivity index (χ1) is 16.4. The molecule has 1 aliphatic rings. The van der Waals surface area contributed by atoms with Crippen molar-refractivity contribution in [3.8, 4) is 5.69 Å². The van der Waals surface area contributed by atoms with Gasteiger partial charge in [0.25, 0.3) is 5.91 Å². The van der Waals surface area contributed by atoms with Crippen LogP contribution in [0.4, 0.5) is 5.69 Å². The number of aromatic nitrogens is 1. The Morgan fingerprint density at radius 1 is 0.941 bits per heavy atom. The first-order valence-corrected chi connectivity index (χ1v) is 11.5. The van der Waals surface area contributed by atoms with Gasteiger partial charge in [0.05, 0.1) is 5.56 Å². The normalized spacial score (nSPS) is 14.0. The summed E-state index contributed by atoms with van der Waals surface area (Å²) in [6, 6.07) is 20.9. The Hall–Kier alpha value is -3.87. The standard InChI is InChI=1S/C27H29N3O4/c1-19-17-24(20(2)30(19)23-11-7-4-8-12-23)27(33)34-18-25(31)29-15-13-21(14-16-29)26(32)28-22-9-5-3-6-10-22/h3-12,17,21H,13-16,18H2,1-2H3,(H,28,32). The minimum Gasteiger partial charge on any atom is -0.452 e. The van der Waals surface area contributed by atoms with Gasteiger partial charge in [0.15, 0.2) is 6.61 Å². The number of nitrogens with zero attached hydrogens (tertiary/aromatic N) is 2. The molecule has 1 N–H and O–H groups in total. The average molecular weight is 460 g/mol. The van der Waals surface area contributed by atoms with Crippen LogP contribution in [0.5, 0.6) is 0 Å². The third kappa shape index (κ3) is 5.20. The molecule has 7 nitrogen and oxygen atoms in total.